The number of hydrogen-bond donors (Lipinski definition) is 2. The molecule has 2 N–H and O–H groups in total. The Balaban J connectivity index is 1.53. The Morgan fingerprint density at radius 1 is 1.11 bits per heavy atom. The predicted octanol–water partition coefficient (Wildman–Crippen LogP) is 3.02. The van der Waals surface area contributed by atoms with Crippen molar-refractivity contribution < 1.29 is 9.90 Å². The molecule has 1 aliphatic heterocycles. The Bertz CT molecular complexity index is 734. The lowest BCUT2D eigenvalue weighted by Gasteiger charge is -2.30. The zero-order valence-electron chi connectivity index (χ0n) is 16.2. The third kappa shape index (κ3) is 5.65. The predicted molar refractivity (Wildman–Crippen MR) is 109 cm³/mol. The van der Waals surface area contributed by atoms with Crippen molar-refractivity contribution in [1.82, 2.24) is 10.2 Å². The smallest absolute Gasteiger partial charge is 0.251 e. The van der Waals surface area contributed by atoms with Crippen LogP contribution in [0.1, 0.15) is 39.9 Å². The molecule has 4 heteroatoms. The zero-order valence-corrected chi connectivity index (χ0v) is 16.2. The molecule has 1 heterocycles. The molecule has 0 atom stereocenters. The van der Waals surface area contributed by atoms with E-state index in [4.69, 9.17) is 0 Å². The van der Waals surface area contributed by atoms with Gasteiger partial charge in [0.2, 0.25) is 0 Å². The standard InChI is InChI=1S/C23H30N2O2/c1-18-6-8-19(9-7-18)16-21-4-2-3-5-22(21)23(27)24-12-15-25-13-10-20(17-26)11-14-25/h2-9,20,26H,10-17H2,1H3,(H,24,27). The number of aliphatic hydroxyl groups is 1. The summed E-state index contributed by atoms with van der Waals surface area (Å²) in [6, 6.07) is 16.3. The van der Waals surface area contributed by atoms with E-state index in [1.165, 1.54) is 11.1 Å². The van der Waals surface area contributed by atoms with Crippen LogP contribution in [0.15, 0.2) is 48.5 Å². The van der Waals surface area contributed by atoms with Crippen LogP contribution in [-0.4, -0.2) is 48.7 Å². The van der Waals surface area contributed by atoms with Crippen molar-refractivity contribution in [3.8, 4) is 0 Å². The van der Waals surface area contributed by atoms with Crippen molar-refractivity contribution in [2.75, 3.05) is 32.8 Å². The van der Waals surface area contributed by atoms with Crippen LogP contribution < -0.4 is 5.32 Å². The van der Waals surface area contributed by atoms with E-state index in [1.54, 1.807) is 0 Å². The molecule has 0 aromatic heterocycles. The van der Waals surface area contributed by atoms with Gasteiger partial charge in [0, 0.05) is 25.3 Å². The Kier molecular flexibility index (Phi) is 7.02. The number of hydrogen-bond acceptors (Lipinski definition) is 3. The molecule has 0 radical (unpaired) electrons. The van der Waals surface area contributed by atoms with Crippen LogP contribution in [-0.2, 0) is 6.42 Å². The lowest BCUT2D eigenvalue weighted by molar-refractivity contribution is 0.0938. The number of benzene rings is 2. The lowest BCUT2D eigenvalue weighted by Crippen LogP contribution is -2.40. The molecule has 2 aromatic carbocycles. The van der Waals surface area contributed by atoms with Crippen molar-refractivity contribution in [3.05, 3.63) is 70.8 Å². The van der Waals surface area contributed by atoms with Gasteiger partial charge in [0.15, 0.2) is 0 Å². The van der Waals surface area contributed by atoms with Gasteiger partial charge < -0.3 is 15.3 Å². The first-order valence-electron chi connectivity index (χ1n) is 9.90. The van der Waals surface area contributed by atoms with E-state index in [-0.39, 0.29) is 5.91 Å². The minimum atomic E-state index is 0.00274. The van der Waals surface area contributed by atoms with Crippen molar-refractivity contribution in [1.29, 1.82) is 0 Å². The molecule has 1 amide bonds. The van der Waals surface area contributed by atoms with Gasteiger partial charge in [-0.1, -0.05) is 48.0 Å². The second kappa shape index (κ2) is 9.67. The fourth-order valence-electron chi connectivity index (χ4n) is 3.64. The van der Waals surface area contributed by atoms with Crippen LogP contribution in [0.5, 0.6) is 0 Å². The maximum atomic E-state index is 12.7. The van der Waals surface area contributed by atoms with Crippen LogP contribution in [0.25, 0.3) is 0 Å². The van der Waals surface area contributed by atoms with Crippen LogP contribution in [0, 0.1) is 12.8 Å². The monoisotopic (exact) mass is 366 g/mol. The molecule has 1 aliphatic rings. The number of aryl methyl sites for hydroxylation is 1. The first kappa shape index (κ1) is 19.6. The number of rotatable bonds is 7. The molecule has 27 heavy (non-hydrogen) atoms. The average molecular weight is 367 g/mol. The van der Waals surface area contributed by atoms with E-state index < -0.39 is 0 Å². The summed E-state index contributed by atoms with van der Waals surface area (Å²) < 4.78 is 0. The number of piperidine rings is 1. The van der Waals surface area contributed by atoms with Crippen molar-refractivity contribution in [2.45, 2.75) is 26.2 Å². The second-order valence-corrected chi connectivity index (χ2v) is 7.54. The molecular formula is C23H30N2O2. The van der Waals surface area contributed by atoms with Crippen LogP contribution >= 0.6 is 0 Å². The molecule has 3 rings (SSSR count). The van der Waals surface area contributed by atoms with Gasteiger partial charge in [0.1, 0.15) is 0 Å². The van der Waals surface area contributed by atoms with Crippen LogP contribution in [0.2, 0.25) is 0 Å². The highest BCUT2D eigenvalue weighted by Crippen LogP contribution is 2.17. The van der Waals surface area contributed by atoms with Gasteiger partial charge in [-0.05, 0) is 62.4 Å². The highest BCUT2D eigenvalue weighted by molar-refractivity contribution is 5.95. The number of likely N-dealkylation sites (tertiary alicyclic amines) is 1. The molecular weight excluding hydrogens is 336 g/mol. The van der Waals surface area contributed by atoms with E-state index in [2.05, 4.69) is 41.4 Å². The van der Waals surface area contributed by atoms with Crippen molar-refractivity contribution in [3.63, 3.8) is 0 Å². The van der Waals surface area contributed by atoms with Gasteiger partial charge in [-0.25, -0.2) is 0 Å². The molecule has 1 fully saturated rings. The number of nitrogens with zero attached hydrogens (tertiary/aromatic N) is 1. The summed E-state index contributed by atoms with van der Waals surface area (Å²) in [7, 11) is 0. The first-order valence-corrected chi connectivity index (χ1v) is 9.90. The summed E-state index contributed by atoms with van der Waals surface area (Å²) in [5.41, 5.74) is 4.28. The molecule has 4 nitrogen and oxygen atoms in total. The molecule has 0 saturated carbocycles. The van der Waals surface area contributed by atoms with E-state index >= 15 is 0 Å². The Labute approximate surface area is 162 Å². The lowest BCUT2D eigenvalue weighted by atomic mass is 9.98. The number of carbonyl (C=O) groups is 1. The minimum absolute atomic E-state index is 0.00274. The molecule has 0 unspecified atom stereocenters. The molecule has 0 aliphatic carbocycles. The van der Waals surface area contributed by atoms with E-state index in [0.29, 0.717) is 19.1 Å². The number of nitrogens with one attached hydrogen (secondary N) is 1. The fourth-order valence-corrected chi connectivity index (χ4v) is 3.64. The molecule has 0 spiro atoms. The number of aliphatic hydroxyl groups excluding tert-OH is 1. The number of carbonyl (C=O) groups excluding carboxylic acids is 1. The minimum Gasteiger partial charge on any atom is -0.396 e. The van der Waals surface area contributed by atoms with E-state index in [9.17, 15) is 9.90 Å². The third-order valence-electron chi connectivity index (χ3n) is 5.46. The SMILES string of the molecule is Cc1ccc(Cc2ccccc2C(=O)NCCN2CCC(CO)CC2)cc1. The Morgan fingerprint density at radius 2 is 1.81 bits per heavy atom. The second-order valence-electron chi connectivity index (χ2n) is 7.54. The van der Waals surface area contributed by atoms with E-state index in [0.717, 1.165) is 50.0 Å². The first-order chi connectivity index (χ1) is 13.2. The number of amides is 1. The summed E-state index contributed by atoms with van der Waals surface area (Å²) >= 11 is 0. The van der Waals surface area contributed by atoms with Crippen LogP contribution in [0.4, 0.5) is 0 Å². The highest BCUT2D eigenvalue weighted by Gasteiger charge is 2.18. The molecule has 144 valence electrons. The molecule has 1 saturated heterocycles. The summed E-state index contributed by atoms with van der Waals surface area (Å²) in [6.07, 6.45) is 2.85. The third-order valence-corrected chi connectivity index (χ3v) is 5.46. The Morgan fingerprint density at radius 3 is 2.52 bits per heavy atom. The normalized spacial score (nSPS) is 15.6. The molecule has 0 bridgehead atoms. The van der Waals surface area contributed by atoms with E-state index in [1.807, 2.05) is 24.3 Å². The highest BCUT2D eigenvalue weighted by atomic mass is 16.3. The quantitative estimate of drug-likeness (QED) is 0.792. The summed E-state index contributed by atoms with van der Waals surface area (Å²) in [5, 5.41) is 12.3. The van der Waals surface area contributed by atoms with Gasteiger partial charge in [-0.2, -0.15) is 0 Å². The summed E-state index contributed by atoms with van der Waals surface area (Å²) in [4.78, 5) is 15.1. The average Bonchev–Trinajstić information content (AvgIpc) is 2.70. The zero-order chi connectivity index (χ0) is 19.1. The van der Waals surface area contributed by atoms with Gasteiger partial charge in [0.05, 0.1) is 0 Å². The largest absolute Gasteiger partial charge is 0.396 e. The molecule has 2 aromatic rings. The topological polar surface area (TPSA) is 52.6 Å². The van der Waals surface area contributed by atoms with Gasteiger partial charge in [-0.3, -0.25) is 4.79 Å². The van der Waals surface area contributed by atoms with Crippen molar-refractivity contribution in [2.24, 2.45) is 5.92 Å². The fraction of sp³-hybridized carbons (Fsp3) is 0.435. The van der Waals surface area contributed by atoms with Gasteiger partial charge >= 0.3 is 0 Å². The maximum Gasteiger partial charge on any atom is 0.251 e. The maximum absolute atomic E-state index is 12.7. The summed E-state index contributed by atoms with van der Waals surface area (Å²) in [5.74, 6) is 0.451. The summed E-state index contributed by atoms with van der Waals surface area (Å²) in [6.45, 7) is 5.90. The van der Waals surface area contributed by atoms with Crippen LogP contribution in [0.3, 0.4) is 0 Å². The van der Waals surface area contributed by atoms with Gasteiger partial charge in [-0.15, -0.1) is 0 Å². The van der Waals surface area contributed by atoms with Crippen molar-refractivity contribution >= 4 is 5.91 Å². The van der Waals surface area contributed by atoms with Gasteiger partial charge in [0.25, 0.3) is 5.91 Å². The Hall–Kier alpha value is -2.17.